The van der Waals surface area contributed by atoms with Crippen LogP contribution < -0.4 is 10.1 Å². The third-order valence-corrected chi connectivity index (χ3v) is 2.24. The van der Waals surface area contributed by atoms with Crippen molar-refractivity contribution in [1.82, 2.24) is 5.32 Å². The highest BCUT2D eigenvalue weighted by molar-refractivity contribution is 5.38. The van der Waals surface area contributed by atoms with Gasteiger partial charge in [0.05, 0.1) is 13.2 Å². The standard InChI is InChI=1S/C11H16FNO2/c1-7-4-8(10(14)6-13-2)5-9(12)11(7)15-3/h4-5,10,13-14H,6H2,1-3H3. The molecule has 0 saturated carbocycles. The lowest BCUT2D eigenvalue weighted by molar-refractivity contribution is 0.177. The van der Waals surface area contributed by atoms with Crippen molar-refractivity contribution in [1.29, 1.82) is 0 Å². The van der Waals surface area contributed by atoms with Crippen LogP contribution in [-0.4, -0.2) is 25.8 Å². The second-order valence-electron chi connectivity index (χ2n) is 3.43. The van der Waals surface area contributed by atoms with Crippen molar-refractivity contribution in [3.8, 4) is 5.75 Å². The van der Waals surface area contributed by atoms with E-state index in [0.29, 0.717) is 17.7 Å². The molecule has 0 aliphatic carbocycles. The minimum absolute atomic E-state index is 0.232. The van der Waals surface area contributed by atoms with Crippen LogP contribution >= 0.6 is 0 Å². The molecule has 0 radical (unpaired) electrons. The van der Waals surface area contributed by atoms with Crippen molar-refractivity contribution < 1.29 is 14.2 Å². The molecule has 1 aromatic rings. The predicted molar refractivity (Wildman–Crippen MR) is 56.6 cm³/mol. The van der Waals surface area contributed by atoms with E-state index in [1.165, 1.54) is 13.2 Å². The SMILES string of the molecule is CNCC(O)c1cc(C)c(OC)c(F)c1. The lowest BCUT2D eigenvalue weighted by Crippen LogP contribution is -2.17. The highest BCUT2D eigenvalue weighted by Crippen LogP contribution is 2.26. The van der Waals surface area contributed by atoms with Crippen LogP contribution in [0.1, 0.15) is 17.2 Å². The molecule has 0 aromatic heterocycles. The van der Waals surface area contributed by atoms with E-state index >= 15 is 0 Å². The number of benzene rings is 1. The molecule has 1 atom stereocenters. The van der Waals surface area contributed by atoms with E-state index in [-0.39, 0.29) is 5.75 Å². The van der Waals surface area contributed by atoms with Gasteiger partial charge in [-0.05, 0) is 37.2 Å². The number of aliphatic hydroxyl groups is 1. The summed E-state index contributed by atoms with van der Waals surface area (Å²) in [5.74, 6) is -0.210. The fourth-order valence-electron chi connectivity index (χ4n) is 1.52. The van der Waals surface area contributed by atoms with Crippen molar-refractivity contribution in [2.24, 2.45) is 0 Å². The van der Waals surface area contributed by atoms with Crippen molar-refractivity contribution in [3.63, 3.8) is 0 Å². The fraction of sp³-hybridized carbons (Fsp3) is 0.455. The topological polar surface area (TPSA) is 41.5 Å². The van der Waals surface area contributed by atoms with E-state index in [1.807, 2.05) is 0 Å². The number of methoxy groups -OCH3 is 1. The molecule has 1 unspecified atom stereocenters. The van der Waals surface area contributed by atoms with Gasteiger partial charge in [0.2, 0.25) is 0 Å². The number of aryl methyl sites for hydroxylation is 1. The first-order valence-corrected chi connectivity index (χ1v) is 4.76. The lowest BCUT2D eigenvalue weighted by Gasteiger charge is -2.13. The summed E-state index contributed by atoms with van der Waals surface area (Å²) in [7, 11) is 3.16. The highest BCUT2D eigenvalue weighted by atomic mass is 19.1. The summed E-state index contributed by atoms with van der Waals surface area (Å²) >= 11 is 0. The summed E-state index contributed by atoms with van der Waals surface area (Å²) in [5, 5.41) is 12.5. The molecule has 2 N–H and O–H groups in total. The molecule has 0 fully saturated rings. The van der Waals surface area contributed by atoms with Gasteiger partial charge in [-0.15, -0.1) is 0 Å². The molecule has 0 aliphatic rings. The van der Waals surface area contributed by atoms with Crippen LogP contribution in [0.3, 0.4) is 0 Å². The summed E-state index contributed by atoms with van der Waals surface area (Å²) in [5.41, 5.74) is 1.24. The van der Waals surface area contributed by atoms with Gasteiger partial charge in [0.1, 0.15) is 0 Å². The van der Waals surface area contributed by atoms with E-state index in [4.69, 9.17) is 4.74 Å². The molecular weight excluding hydrogens is 197 g/mol. The zero-order chi connectivity index (χ0) is 11.4. The van der Waals surface area contributed by atoms with Gasteiger partial charge in [-0.3, -0.25) is 0 Å². The van der Waals surface area contributed by atoms with Crippen LogP contribution in [0.15, 0.2) is 12.1 Å². The molecule has 0 saturated heterocycles. The Kier molecular flexibility index (Phi) is 4.05. The Hall–Kier alpha value is -1.13. The second-order valence-corrected chi connectivity index (χ2v) is 3.43. The quantitative estimate of drug-likeness (QED) is 0.794. The maximum atomic E-state index is 13.5. The van der Waals surface area contributed by atoms with Crippen LogP contribution in [0.5, 0.6) is 5.75 Å². The summed E-state index contributed by atoms with van der Waals surface area (Å²) in [6.07, 6.45) is -0.700. The first kappa shape index (κ1) is 11.9. The van der Waals surface area contributed by atoms with Crippen LogP contribution in [0, 0.1) is 12.7 Å². The maximum Gasteiger partial charge on any atom is 0.165 e. The van der Waals surface area contributed by atoms with Gasteiger partial charge in [0.15, 0.2) is 11.6 Å². The number of halogens is 1. The Labute approximate surface area is 88.9 Å². The molecule has 1 rings (SSSR count). The van der Waals surface area contributed by atoms with Crippen molar-refractivity contribution in [2.45, 2.75) is 13.0 Å². The first-order valence-electron chi connectivity index (χ1n) is 4.76. The van der Waals surface area contributed by atoms with E-state index in [9.17, 15) is 9.50 Å². The van der Waals surface area contributed by atoms with Crippen LogP contribution in [0.4, 0.5) is 4.39 Å². The Balaban J connectivity index is 3.02. The number of likely N-dealkylation sites (N-methyl/N-ethyl adjacent to an activating group) is 1. The zero-order valence-electron chi connectivity index (χ0n) is 9.17. The number of nitrogens with one attached hydrogen (secondary N) is 1. The fourth-order valence-corrected chi connectivity index (χ4v) is 1.52. The molecule has 0 bridgehead atoms. The van der Waals surface area contributed by atoms with E-state index in [1.54, 1.807) is 20.0 Å². The van der Waals surface area contributed by atoms with E-state index < -0.39 is 11.9 Å². The molecule has 0 amide bonds. The summed E-state index contributed by atoms with van der Waals surface area (Å²) in [4.78, 5) is 0. The minimum atomic E-state index is -0.700. The highest BCUT2D eigenvalue weighted by Gasteiger charge is 2.13. The molecule has 0 heterocycles. The van der Waals surface area contributed by atoms with Crippen LogP contribution in [0.2, 0.25) is 0 Å². The second kappa shape index (κ2) is 5.09. The number of hydrogen-bond donors (Lipinski definition) is 2. The van der Waals surface area contributed by atoms with Gasteiger partial charge < -0.3 is 15.2 Å². The van der Waals surface area contributed by atoms with E-state index in [2.05, 4.69) is 5.32 Å². The van der Waals surface area contributed by atoms with Gasteiger partial charge in [-0.1, -0.05) is 0 Å². The average molecular weight is 213 g/mol. The van der Waals surface area contributed by atoms with Gasteiger partial charge in [-0.25, -0.2) is 4.39 Å². The molecule has 0 aliphatic heterocycles. The molecule has 4 heteroatoms. The Morgan fingerprint density at radius 2 is 2.20 bits per heavy atom. The summed E-state index contributed by atoms with van der Waals surface area (Å²) in [6.45, 7) is 2.14. The Morgan fingerprint density at radius 1 is 1.53 bits per heavy atom. The third kappa shape index (κ3) is 2.67. The average Bonchev–Trinajstić information content (AvgIpc) is 2.17. The lowest BCUT2D eigenvalue weighted by atomic mass is 10.1. The van der Waals surface area contributed by atoms with Gasteiger partial charge in [0, 0.05) is 6.54 Å². The monoisotopic (exact) mass is 213 g/mol. The maximum absolute atomic E-state index is 13.5. The van der Waals surface area contributed by atoms with Crippen molar-refractivity contribution in [3.05, 3.63) is 29.1 Å². The van der Waals surface area contributed by atoms with Crippen LogP contribution in [0.25, 0.3) is 0 Å². The predicted octanol–water partition coefficient (Wildman–Crippen LogP) is 1.40. The largest absolute Gasteiger partial charge is 0.493 e. The molecule has 1 aromatic carbocycles. The van der Waals surface area contributed by atoms with Crippen molar-refractivity contribution in [2.75, 3.05) is 20.7 Å². The van der Waals surface area contributed by atoms with E-state index in [0.717, 1.165) is 0 Å². The molecular formula is C11H16FNO2. The number of aliphatic hydroxyl groups excluding tert-OH is 1. The first-order chi connectivity index (χ1) is 7.10. The smallest absolute Gasteiger partial charge is 0.165 e. The molecule has 3 nitrogen and oxygen atoms in total. The summed E-state index contributed by atoms with van der Waals surface area (Å²) in [6, 6.07) is 3.03. The molecule has 84 valence electrons. The van der Waals surface area contributed by atoms with Crippen LogP contribution in [-0.2, 0) is 0 Å². The molecule has 0 spiro atoms. The number of rotatable bonds is 4. The molecule has 15 heavy (non-hydrogen) atoms. The Bertz CT molecular complexity index is 318. The van der Waals surface area contributed by atoms with Crippen molar-refractivity contribution >= 4 is 0 Å². The normalized spacial score (nSPS) is 12.6. The minimum Gasteiger partial charge on any atom is -0.493 e. The zero-order valence-corrected chi connectivity index (χ0v) is 9.17. The van der Waals surface area contributed by atoms with Gasteiger partial charge in [-0.2, -0.15) is 0 Å². The third-order valence-electron chi connectivity index (χ3n) is 2.24. The summed E-state index contributed by atoms with van der Waals surface area (Å²) < 4.78 is 18.4. The number of ether oxygens (including phenoxy) is 1. The Morgan fingerprint density at radius 3 is 2.67 bits per heavy atom. The van der Waals surface area contributed by atoms with Gasteiger partial charge >= 0.3 is 0 Å². The van der Waals surface area contributed by atoms with Gasteiger partial charge in [0.25, 0.3) is 0 Å². The number of hydrogen-bond acceptors (Lipinski definition) is 3.